The predicted molar refractivity (Wildman–Crippen MR) is 101 cm³/mol. The third-order valence-electron chi connectivity index (χ3n) is 5.13. The molecule has 1 saturated carbocycles. The van der Waals surface area contributed by atoms with E-state index in [2.05, 4.69) is 20.4 Å². The molecule has 0 spiro atoms. The number of carbonyl (C=O) groups is 1. The van der Waals surface area contributed by atoms with Crippen molar-refractivity contribution in [1.82, 2.24) is 24.9 Å². The minimum Gasteiger partial charge on any atom is -0.435 e. The van der Waals surface area contributed by atoms with Crippen molar-refractivity contribution < 1.29 is 22.4 Å². The number of aromatic nitrogens is 4. The van der Waals surface area contributed by atoms with Crippen molar-refractivity contribution in [2.24, 2.45) is 5.92 Å². The van der Waals surface area contributed by atoms with Gasteiger partial charge in [-0.3, -0.25) is 4.79 Å². The van der Waals surface area contributed by atoms with Crippen LogP contribution in [0.3, 0.4) is 0 Å². The van der Waals surface area contributed by atoms with Gasteiger partial charge in [0, 0.05) is 0 Å². The minimum atomic E-state index is -4.51. The van der Waals surface area contributed by atoms with Gasteiger partial charge >= 0.3 is 6.18 Å². The zero-order valence-corrected chi connectivity index (χ0v) is 15.8. The summed E-state index contributed by atoms with van der Waals surface area (Å²) < 4.78 is 46.9. The van der Waals surface area contributed by atoms with Crippen LogP contribution in [0.1, 0.15) is 28.9 Å². The van der Waals surface area contributed by atoms with E-state index in [0.717, 1.165) is 0 Å². The molecule has 3 heterocycles. The molecule has 0 radical (unpaired) electrons. The molecule has 3 aromatic heterocycles. The lowest BCUT2D eigenvalue weighted by Gasteiger charge is -2.21. The number of imidazole rings is 1. The first-order valence-electron chi connectivity index (χ1n) is 9.40. The van der Waals surface area contributed by atoms with E-state index in [1.54, 1.807) is 25.1 Å². The van der Waals surface area contributed by atoms with E-state index < -0.39 is 24.0 Å². The van der Waals surface area contributed by atoms with E-state index in [-0.39, 0.29) is 11.6 Å². The molecular formula is C20H16F3N5O2. The van der Waals surface area contributed by atoms with E-state index >= 15 is 0 Å². The Morgan fingerprint density at radius 1 is 1.30 bits per heavy atom. The fourth-order valence-corrected chi connectivity index (χ4v) is 3.47. The van der Waals surface area contributed by atoms with Gasteiger partial charge in [-0.2, -0.15) is 18.3 Å². The Bertz CT molecular complexity index is 1240. The van der Waals surface area contributed by atoms with E-state index in [1.165, 1.54) is 10.7 Å². The maximum Gasteiger partial charge on any atom is 0.408 e. The lowest BCUT2D eigenvalue weighted by Crippen LogP contribution is -2.47. The number of hydrogen-bond donors (Lipinski definition) is 1. The number of halogens is 3. The molecule has 30 heavy (non-hydrogen) atoms. The molecule has 1 amide bonds. The summed E-state index contributed by atoms with van der Waals surface area (Å²) in [6.07, 6.45) is -2.40. The van der Waals surface area contributed by atoms with Crippen molar-refractivity contribution >= 4 is 22.7 Å². The summed E-state index contributed by atoms with van der Waals surface area (Å²) in [6, 6.07) is 7.02. The molecule has 1 aliphatic carbocycles. The summed E-state index contributed by atoms with van der Waals surface area (Å²) >= 11 is 0. The average molecular weight is 415 g/mol. The molecule has 5 rings (SSSR count). The van der Waals surface area contributed by atoms with Crippen molar-refractivity contribution in [3.05, 3.63) is 47.8 Å². The molecule has 1 N–H and O–H groups in total. The fourth-order valence-electron chi connectivity index (χ4n) is 3.47. The largest absolute Gasteiger partial charge is 0.435 e. The van der Waals surface area contributed by atoms with Crippen molar-refractivity contribution in [2.45, 2.75) is 32.0 Å². The van der Waals surface area contributed by atoms with Gasteiger partial charge in [0.2, 0.25) is 5.89 Å². The van der Waals surface area contributed by atoms with Crippen molar-refractivity contribution in [2.75, 3.05) is 0 Å². The first-order chi connectivity index (χ1) is 14.3. The number of fused-ring (bicyclic) bond motifs is 2. The molecule has 0 saturated heterocycles. The number of alkyl halides is 3. The first kappa shape index (κ1) is 18.6. The topological polar surface area (TPSA) is 85.3 Å². The van der Waals surface area contributed by atoms with Crippen LogP contribution in [0.2, 0.25) is 0 Å². The SMILES string of the molecule is Cc1cc(-c2nc3ccccc3o2)nn2c(C(=O)N[C@@H](C3CC3)C(F)(F)F)cnc12. The molecule has 0 aliphatic heterocycles. The Hall–Kier alpha value is -3.43. The summed E-state index contributed by atoms with van der Waals surface area (Å²) in [5, 5.41) is 6.48. The summed E-state index contributed by atoms with van der Waals surface area (Å²) in [6.45, 7) is 1.76. The number of rotatable bonds is 4. The molecule has 0 bridgehead atoms. The second kappa shape index (κ2) is 6.54. The number of oxazole rings is 1. The standard InChI is InChI=1S/C20H16F3N5O2/c1-10-8-13(19-25-12-4-2-3-5-15(12)30-19)27-28-14(9-24-17(10)28)18(29)26-16(11-6-7-11)20(21,22)23/h2-5,8-9,11,16H,6-7H2,1H3,(H,26,29)/t16-/m0/s1. The van der Waals surface area contributed by atoms with Gasteiger partial charge in [0.15, 0.2) is 16.9 Å². The number of amides is 1. The van der Waals surface area contributed by atoms with Crippen LogP contribution in [0.15, 0.2) is 40.9 Å². The number of aryl methyl sites for hydroxylation is 1. The average Bonchev–Trinajstić information content (AvgIpc) is 3.27. The Morgan fingerprint density at radius 3 is 2.77 bits per heavy atom. The fraction of sp³-hybridized carbons (Fsp3) is 0.300. The molecule has 1 aromatic carbocycles. The van der Waals surface area contributed by atoms with E-state index in [1.807, 2.05) is 12.1 Å². The molecule has 154 valence electrons. The highest BCUT2D eigenvalue weighted by atomic mass is 19.4. The number of carbonyl (C=O) groups excluding carboxylic acids is 1. The molecule has 7 nitrogen and oxygen atoms in total. The lowest BCUT2D eigenvalue weighted by atomic mass is 10.1. The number of para-hydroxylation sites is 2. The van der Waals surface area contributed by atoms with Gasteiger partial charge in [0.1, 0.15) is 17.3 Å². The van der Waals surface area contributed by atoms with Crippen LogP contribution >= 0.6 is 0 Å². The lowest BCUT2D eigenvalue weighted by molar-refractivity contribution is -0.158. The van der Waals surface area contributed by atoms with Gasteiger partial charge in [-0.1, -0.05) is 12.1 Å². The monoisotopic (exact) mass is 415 g/mol. The summed E-state index contributed by atoms with van der Waals surface area (Å²) in [5.74, 6) is -1.22. The predicted octanol–water partition coefficient (Wildman–Crippen LogP) is 3.92. The zero-order chi connectivity index (χ0) is 21.0. The van der Waals surface area contributed by atoms with E-state index in [9.17, 15) is 18.0 Å². The van der Waals surface area contributed by atoms with Crippen molar-refractivity contribution in [3.8, 4) is 11.6 Å². The van der Waals surface area contributed by atoms with Gasteiger partial charge in [-0.15, -0.1) is 0 Å². The molecule has 10 heteroatoms. The molecular weight excluding hydrogens is 399 g/mol. The van der Waals surface area contributed by atoms with Gasteiger partial charge in [-0.25, -0.2) is 14.5 Å². The number of hydrogen-bond acceptors (Lipinski definition) is 5. The second-order valence-electron chi connectivity index (χ2n) is 7.41. The molecule has 4 aromatic rings. The summed E-state index contributed by atoms with van der Waals surface area (Å²) in [7, 11) is 0. The van der Waals surface area contributed by atoms with Gasteiger partial charge in [0.25, 0.3) is 5.91 Å². The Balaban J connectivity index is 1.54. The number of nitrogens with zero attached hydrogens (tertiary/aromatic N) is 4. The Labute approximate surface area is 167 Å². The highest BCUT2D eigenvalue weighted by Crippen LogP contribution is 2.40. The molecule has 1 atom stereocenters. The van der Waals surface area contributed by atoms with Crippen LogP contribution in [-0.4, -0.2) is 37.7 Å². The Kier molecular flexibility index (Phi) is 4.05. The number of benzene rings is 1. The van der Waals surface area contributed by atoms with Crippen LogP contribution in [0.4, 0.5) is 13.2 Å². The second-order valence-corrected chi connectivity index (χ2v) is 7.41. The zero-order valence-electron chi connectivity index (χ0n) is 15.8. The van der Waals surface area contributed by atoms with Crippen molar-refractivity contribution in [1.29, 1.82) is 0 Å². The minimum absolute atomic E-state index is 0.0824. The van der Waals surface area contributed by atoms with Crippen LogP contribution in [0, 0.1) is 12.8 Å². The number of nitrogens with one attached hydrogen (secondary N) is 1. The van der Waals surface area contributed by atoms with Gasteiger partial charge in [0.05, 0.1) is 6.20 Å². The van der Waals surface area contributed by atoms with Crippen LogP contribution < -0.4 is 5.32 Å². The van der Waals surface area contributed by atoms with Gasteiger partial charge in [-0.05, 0) is 49.4 Å². The van der Waals surface area contributed by atoms with Gasteiger partial charge < -0.3 is 9.73 Å². The van der Waals surface area contributed by atoms with E-state index in [0.29, 0.717) is 40.8 Å². The maximum atomic E-state index is 13.3. The third kappa shape index (κ3) is 3.17. The quantitative estimate of drug-likeness (QED) is 0.546. The maximum absolute atomic E-state index is 13.3. The Morgan fingerprint density at radius 2 is 2.07 bits per heavy atom. The first-order valence-corrected chi connectivity index (χ1v) is 9.40. The van der Waals surface area contributed by atoms with Crippen LogP contribution in [-0.2, 0) is 0 Å². The normalized spacial score (nSPS) is 15.6. The third-order valence-corrected chi connectivity index (χ3v) is 5.13. The smallest absolute Gasteiger partial charge is 0.408 e. The molecule has 1 fully saturated rings. The summed E-state index contributed by atoms with van der Waals surface area (Å²) in [5.41, 5.74) is 2.53. The van der Waals surface area contributed by atoms with Crippen molar-refractivity contribution in [3.63, 3.8) is 0 Å². The summed E-state index contributed by atoms with van der Waals surface area (Å²) in [4.78, 5) is 21.2. The van der Waals surface area contributed by atoms with Crippen LogP contribution in [0.25, 0.3) is 28.3 Å². The molecule has 0 unspecified atom stereocenters. The van der Waals surface area contributed by atoms with Crippen LogP contribution in [0.5, 0.6) is 0 Å². The molecule has 1 aliphatic rings. The van der Waals surface area contributed by atoms with E-state index in [4.69, 9.17) is 4.42 Å². The highest BCUT2D eigenvalue weighted by Gasteiger charge is 2.49. The highest BCUT2D eigenvalue weighted by molar-refractivity contribution is 5.93.